The molecule has 0 saturated carbocycles. The number of hydrogen-bond acceptors (Lipinski definition) is 4. The van der Waals surface area contributed by atoms with Crippen LogP contribution in [0.3, 0.4) is 0 Å². The predicted molar refractivity (Wildman–Crippen MR) is 105 cm³/mol. The zero-order chi connectivity index (χ0) is 17.6. The second kappa shape index (κ2) is 8.31. The Morgan fingerprint density at radius 3 is 2.68 bits per heavy atom. The average molecular weight is 417 g/mol. The van der Waals surface area contributed by atoms with Crippen molar-refractivity contribution in [1.29, 1.82) is 0 Å². The minimum atomic E-state index is -0.0741. The molecule has 0 bridgehead atoms. The summed E-state index contributed by atoms with van der Waals surface area (Å²) < 4.78 is 2.95. The molecular formula is C18H17BrN4OS. The average Bonchev–Trinajstić information content (AvgIpc) is 3.03. The number of rotatable bonds is 6. The van der Waals surface area contributed by atoms with Gasteiger partial charge in [-0.05, 0) is 25.1 Å². The van der Waals surface area contributed by atoms with Crippen molar-refractivity contribution >= 4 is 39.3 Å². The fourth-order valence-corrected chi connectivity index (χ4v) is 3.58. The molecule has 0 radical (unpaired) electrons. The van der Waals surface area contributed by atoms with Crippen molar-refractivity contribution in [2.45, 2.75) is 18.6 Å². The lowest BCUT2D eigenvalue weighted by Crippen LogP contribution is -2.14. The fraction of sp³-hybridized carbons (Fsp3) is 0.167. The summed E-state index contributed by atoms with van der Waals surface area (Å²) in [6.45, 7) is 2.79. The molecule has 2 aromatic carbocycles. The van der Waals surface area contributed by atoms with E-state index in [2.05, 4.69) is 31.4 Å². The van der Waals surface area contributed by atoms with Gasteiger partial charge in [0, 0.05) is 22.3 Å². The molecule has 1 heterocycles. The maximum absolute atomic E-state index is 12.2. The molecule has 0 unspecified atom stereocenters. The Bertz CT molecular complexity index is 867. The highest BCUT2D eigenvalue weighted by atomic mass is 79.9. The second-order valence-corrected chi connectivity index (χ2v) is 7.12. The van der Waals surface area contributed by atoms with E-state index in [0.717, 1.165) is 33.2 Å². The molecular weight excluding hydrogens is 400 g/mol. The Morgan fingerprint density at radius 1 is 1.16 bits per heavy atom. The first kappa shape index (κ1) is 17.7. The van der Waals surface area contributed by atoms with E-state index in [-0.39, 0.29) is 11.7 Å². The summed E-state index contributed by atoms with van der Waals surface area (Å²) in [7, 11) is 0. The minimum absolute atomic E-state index is 0.0741. The van der Waals surface area contributed by atoms with Crippen molar-refractivity contribution in [3.63, 3.8) is 0 Å². The third kappa shape index (κ3) is 4.49. The normalized spacial score (nSPS) is 10.6. The number of nitrogens with zero attached hydrogens (tertiary/aromatic N) is 3. The van der Waals surface area contributed by atoms with Crippen LogP contribution in [0.5, 0.6) is 0 Å². The number of thioether (sulfide) groups is 1. The predicted octanol–water partition coefficient (Wildman–Crippen LogP) is 4.46. The third-order valence-electron chi connectivity index (χ3n) is 3.51. The second-order valence-electron chi connectivity index (χ2n) is 5.26. The van der Waals surface area contributed by atoms with Crippen molar-refractivity contribution in [2.75, 3.05) is 11.1 Å². The molecule has 3 rings (SSSR count). The SMILES string of the molecule is CCn1c(SCC(=O)Nc2cccc(Br)c2)nnc1-c1ccccc1. The van der Waals surface area contributed by atoms with Gasteiger partial charge in [-0.3, -0.25) is 4.79 Å². The Morgan fingerprint density at radius 2 is 1.96 bits per heavy atom. The van der Waals surface area contributed by atoms with Crippen LogP contribution in [-0.4, -0.2) is 26.4 Å². The number of carbonyl (C=O) groups excluding carboxylic acids is 1. The number of halogens is 1. The van der Waals surface area contributed by atoms with Gasteiger partial charge < -0.3 is 9.88 Å². The number of anilines is 1. The van der Waals surface area contributed by atoms with Gasteiger partial charge in [-0.1, -0.05) is 64.1 Å². The molecule has 7 heteroatoms. The lowest BCUT2D eigenvalue weighted by Gasteiger charge is -2.08. The molecule has 0 aliphatic heterocycles. The number of hydrogen-bond donors (Lipinski definition) is 1. The van der Waals surface area contributed by atoms with Crippen molar-refractivity contribution in [3.05, 3.63) is 59.1 Å². The molecule has 1 N–H and O–H groups in total. The van der Waals surface area contributed by atoms with E-state index in [1.807, 2.05) is 66.1 Å². The van der Waals surface area contributed by atoms with Gasteiger partial charge in [0.25, 0.3) is 0 Å². The van der Waals surface area contributed by atoms with E-state index in [0.29, 0.717) is 0 Å². The number of carbonyl (C=O) groups is 1. The van der Waals surface area contributed by atoms with Crippen molar-refractivity contribution in [1.82, 2.24) is 14.8 Å². The third-order valence-corrected chi connectivity index (χ3v) is 4.97. The van der Waals surface area contributed by atoms with E-state index >= 15 is 0 Å². The molecule has 0 aliphatic carbocycles. The van der Waals surface area contributed by atoms with Gasteiger partial charge in [0.1, 0.15) is 0 Å². The number of benzene rings is 2. The smallest absolute Gasteiger partial charge is 0.234 e. The number of aromatic nitrogens is 3. The van der Waals surface area contributed by atoms with E-state index in [1.54, 1.807) is 0 Å². The molecule has 0 spiro atoms. The van der Waals surface area contributed by atoms with Crippen molar-refractivity contribution in [3.8, 4) is 11.4 Å². The molecule has 1 amide bonds. The fourth-order valence-electron chi connectivity index (χ4n) is 2.37. The van der Waals surface area contributed by atoms with Crippen LogP contribution in [0.1, 0.15) is 6.92 Å². The Balaban J connectivity index is 1.67. The maximum atomic E-state index is 12.2. The van der Waals surface area contributed by atoms with E-state index in [4.69, 9.17) is 0 Å². The largest absolute Gasteiger partial charge is 0.325 e. The molecule has 0 fully saturated rings. The molecule has 0 atom stereocenters. The summed E-state index contributed by atoms with van der Waals surface area (Å²) in [5.74, 6) is 1.02. The van der Waals surface area contributed by atoms with Crippen LogP contribution in [-0.2, 0) is 11.3 Å². The zero-order valence-electron chi connectivity index (χ0n) is 13.6. The molecule has 128 valence electrons. The van der Waals surface area contributed by atoms with Crippen LogP contribution in [0.2, 0.25) is 0 Å². The van der Waals surface area contributed by atoms with Crippen LogP contribution >= 0.6 is 27.7 Å². The maximum Gasteiger partial charge on any atom is 0.234 e. The Kier molecular flexibility index (Phi) is 5.88. The van der Waals surface area contributed by atoms with Gasteiger partial charge in [-0.2, -0.15) is 0 Å². The first-order valence-electron chi connectivity index (χ1n) is 7.84. The van der Waals surface area contributed by atoms with Crippen LogP contribution in [0.4, 0.5) is 5.69 Å². The van der Waals surface area contributed by atoms with Gasteiger partial charge in [0.05, 0.1) is 5.75 Å². The monoisotopic (exact) mass is 416 g/mol. The zero-order valence-corrected chi connectivity index (χ0v) is 16.0. The summed E-state index contributed by atoms with van der Waals surface area (Å²) in [5, 5.41) is 12.2. The molecule has 0 aliphatic rings. The summed E-state index contributed by atoms with van der Waals surface area (Å²) in [5.41, 5.74) is 1.78. The Hall–Kier alpha value is -2.12. The summed E-state index contributed by atoms with van der Waals surface area (Å²) in [4.78, 5) is 12.2. The Labute approximate surface area is 159 Å². The number of nitrogens with one attached hydrogen (secondary N) is 1. The van der Waals surface area contributed by atoms with Crippen molar-refractivity contribution in [2.24, 2.45) is 0 Å². The molecule has 1 aromatic heterocycles. The summed E-state index contributed by atoms with van der Waals surface area (Å²) in [6.07, 6.45) is 0. The highest BCUT2D eigenvalue weighted by Crippen LogP contribution is 2.24. The van der Waals surface area contributed by atoms with Gasteiger partial charge in [-0.25, -0.2) is 0 Å². The van der Waals surface area contributed by atoms with Crippen LogP contribution < -0.4 is 5.32 Å². The van der Waals surface area contributed by atoms with E-state index < -0.39 is 0 Å². The molecule has 0 saturated heterocycles. The van der Waals surface area contributed by atoms with Crippen LogP contribution in [0.25, 0.3) is 11.4 Å². The standard InChI is InChI=1S/C18H17BrN4OS/c1-2-23-17(13-7-4-3-5-8-13)21-22-18(23)25-12-16(24)20-15-10-6-9-14(19)11-15/h3-11H,2,12H2,1H3,(H,20,24). The summed E-state index contributed by atoms with van der Waals surface area (Å²) in [6, 6.07) is 17.4. The minimum Gasteiger partial charge on any atom is -0.325 e. The molecule has 5 nitrogen and oxygen atoms in total. The first-order valence-corrected chi connectivity index (χ1v) is 9.62. The quantitative estimate of drug-likeness (QED) is 0.602. The molecule has 3 aromatic rings. The first-order chi connectivity index (χ1) is 12.2. The van der Waals surface area contributed by atoms with E-state index in [9.17, 15) is 4.79 Å². The highest BCUT2D eigenvalue weighted by molar-refractivity contribution is 9.10. The van der Waals surface area contributed by atoms with Crippen LogP contribution in [0, 0.1) is 0 Å². The van der Waals surface area contributed by atoms with Crippen molar-refractivity contribution < 1.29 is 4.79 Å². The van der Waals surface area contributed by atoms with Gasteiger partial charge >= 0.3 is 0 Å². The van der Waals surface area contributed by atoms with Gasteiger partial charge in [-0.15, -0.1) is 10.2 Å². The van der Waals surface area contributed by atoms with E-state index in [1.165, 1.54) is 11.8 Å². The van der Waals surface area contributed by atoms with Gasteiger partial charge in [0.2, 0.25) is 5.91 Å². The molecule has 25 heavy (non-hydrogen) atoms. The lowest BCUT2D eigenvalue weighted by molar-refractivity contribution is -0.113. The number of amides is 1. The van der Waals surface area contributed by atoms with Crippen LogP contribution in [0.15, 0.2) is 64.2 Å². The topological polar surface area (TPSA) is 59.8 Å². The lowest BCUT2D eigenvalue weighted by atomic mass is 10.2. The van der Waals surface area contributed by atoms with Gasteiger partial charge in [0.15, 0.2) is 11.0 Å². The summed E-state index contributed by atoms with van der Waals surface area (Å²) >= 11 is 4.78. The highest BCUT2D eigenvalue weighted by Gasteiger charge is 2.14.